The monoisotopic (exact) mass is 445 g/mol. The number of hydrogen-bond donors (Lipinski definition) is 1. The molecule has 30 heavy (non-hydrogen) atoms. The summed E-state index contributed by atoms with van der Waals surface area (Å²) >= 11 is 7.73. The van der Waals surface area contributed by atoms with Gasteiger partial charge in [0.25, 0.3) is 0 Å². The van der Waals surface area contributed by atoms with Gasteiger partial charge in [-0.1, -0.05) is 48.5 Å². The van der Waals surface area contributed by atoms with Gasteiger partial charge in [0.05, 0.1) is 17.5 Å². The molecule has 1 N–H and O–H groups in total. The van der Waals surface area contributed by atoms with Gasteiger partial charge >= 0.3 is 0 Å². The van der Waals surface area contributed by atoms with Crippen molar-refractivity contribution in [1.29, 1.82) is 0 Å². The first-order valence-electron chi connectivity index (χ1n) is 9.79. The third kappa shape index (κ3) is 6.36. The molecule has 1 aliphatic rings. The average Bonchev–Trinajstić information content (AvgIpc) is 3.13. The number of benzene rings is 1. The lowest BCUT2D eigenvalue weighted by atomic mass is 9.98. The summed E-state index contributed by atoms with van der Waals surface area (Å²) in [5, 5.41) is 4.34. The highest BCUT2D eigenvalue weighted by Gasteiger charge is 2.26. The van der Waals surface area contributed by atoms with Crippen LogP contribution in [0, 0.1) is 6.92 Å². The Morgan fingerprint density at radius 2 is 2.20 bits per heavy atom. The maximum absolute atomic E-state index is 12.6. The first-order valence-corrected chi connectivity index (χ1v) is 11.0. The lowest BCUT2D eigenvalue weighted by Crippen LogP contribution is -2.40. The minimum atomic E-state index is -0.564. The predicted octanol–water partition coefficient (Wildman–Crippen LogP) is 5.22. The number of aryl methyl sites for hydroxylation is 1. The zero-order chi connectivity index (χ0) is 21.5. The third-order valence-electron chi connectivity index (χ3n) is 4.94. The number of hydrogen-bond acceptors (Lipinski definition) is 4. The van der Waals surface area contributed by atoms with E-state index in [1.165, 1.54) is 29.4 Å². The van der Waals surface area contributed by atoms with E-state index in [2.05, 4.69) is 46.0 Å². The van der Waals surface area contributed by atoms with Gasteiger partial charge < -0.3 is 5.32 Å². The van der Waals surface area contributed by atoms with Crippen molar-refractivity contribution in [1.82, 2.24) is 15.2 Å². The Morgan fingerprint density at radius 1 is 1.43 bits per heavy atom. The third-order valence-corrected chi connectivity index (χ3v) is 6.22. The van der Waals surface area contributed by atoms with Crippen LogP contribution in [0.3, 0.4) is 0 Å². The van der Waals surface area contributed by atoms with E-state index in [1.807, 2.05) is 13.1 Å². The van der Waals surface area contributed by atoms with Crippen LogP contribution in [0.1, 0.15) is 33.5 Å². The number of nitrogens with zero attached hydrogens (tertiary/aromatic N) is 2. The van der Waals surface area contributed by atoms with Crippen LogP contribution in [-0.4, -0.2) is 28.9 Å². The van der Waals surface area contributed by atoms with Crippen molar-refractivity contribution in [2.24, 2.45) is 0 Å². The number of fused-ring (bicyclic) bond motifs is 1. The van der Waals surface area contributed by atoms with Crippen molar-refractivity contribution in [3.05, 3.63) is 87.1 Å². The van der Waals surface area contributed by atoms with Crippen LogP contribution in [0.15, 0.2) is 66.1 Å². The molecule has 0 fully saturated rings. The van der Waals surface area contributed by atoms with E-state index < -0.39 is 5.83 Å². The Kier molecular flexibility index (Phi) is 7.96. The van der Waals surface area contributed by atoms with E-state index in [1.54, 1.807) is 11.3 Å². The van der Waals surface area contributed by atoms with Gasteiger partial charge in [-0.3, -0.25) is 9.69 Å². The van der Waals surface area contributed by atoms with E-state index in [-0.39, 0.29) is 18.4 Å². The maximum Gasteiger partial charge on any atom is 0.225 e. The number of carbonyl (C=O) groups excluding carboxylic acids is 1. The standard InChI is InChI=1S/C23H25ClFN3OS/c1-16(25)6-5-9-20(24)12-23(29)27-13-21(22-14-26-17(2)30-22)28-11-10-18-7-3-4-8-19(18)15-28/h3-9,14,21H,1,10-13,15H2,2H3,(H,27,29)/b6-5-,20-9+. The molecule has 0 saturated heterocycles. The van der Waals surface area contributed by atoms with Gasteiger partial charge in [-0.15, -0.1) is 11.3 Å². The molecule has 0 radical (unpaired) electrons. The fraction of sp³-hybridized carbons (Fsp3) is 0.304. The normalized spacial score (nSPS) is 15.8. The number of allylic oxidation sites excluding steroid dienone is 4. The first-order chi connectivity index (χ1) is 14.4. The molecular weight excluding hydrogens is 421 g/mol. The van der Waals surface area contributed by atoms with E-state index in [0.29, 0.717) is 11.6 Å². The van der Waals surface area contributed by atoms with Crippen LogP contribution >= 0.6 is 22.9 Å². The molecule has 1 aromatic heterocycles. The number of halogens is 2. The number of nitrogens with one attached hydrogen (secondary N) is 1. The smallest absolute Gasteiger partial charge is 0.225 e. The molecule has 2 heterocycles. The fourth-order valence-corrected chi connectivity index (χ4v) is 4.58. The Labute approximate surface area is 185 Å². The van der Waals surface area contributed by atoms with Gasteiger partial charge in [-0.2, -0.15) is 0 Å². The Bertz CT molecular complexity index is 969. The molecule has 3 rings (SSSR count). The second-order valence-corrected chi connectivity index (χ2v) is 8.94. The van der Waals surface area contributed by atoms with E-state index in [9.17, 15) is 9.18 Å². The first kappa shape index (κ1) is 22.4. The van der Waals surface area contributed by atoms with Gasteiger partial charge in [0, 0.05) is 35.7 Å². The lowest BCUT2D eigenvalue weighted by Gasteiger charge is -2.35. The van der Waals surface area contributed by atoms with Crippen molar-refractivity contribution in [2.75, 3.05) is 13.1 Å². The molecule has 1 unspecified atom stereocenters. The summed E-state index contributed by atoms with van der Waals surface area (Å²) in [6.45, 7) is 7.36. The molecule has 2 aromatic rings. The van der Waals surface area contributed by atoms with Crippen molar-refractivity contribution in [3.8, 4) is 0 Å². The van der Waals surface area contributed by atoms with Crippen molar-refractivity contribution in [3.63, 3.8) is 0 Å². The Morgan fingerprint density at radius 3 is 2.90 bits per heavy atom. The minimum Gasteiger partial charge on any atom is -0.354 e. The van der Waals surface area contributed by atoms with Gasteiger partial charge in [0.15, 0.2) is 0 Å². The quantitative estimate of drug-likeness (QED) is 0.566. The highest BCUT2D eigenvalue weighted by atomic mass is 35.5. The van der Waals surface area contributed by atoms with E-state index in [4.69, 9.17) is 11.6 Å². The predicted molar refractivity (Wildman–Crippen MR) is 121 cm³/mol. The zero-order valence-corrected chi connectivity index (χ0v) is 18.5. The molecule has 0 aliphatic carbocycles. The number of amides is 1. The molecule has 1 aromatic carbocycles. The van der Waals surface area contributed by atoms with Crippen LogP contribution in [0.4, 0.5) is 4.39 Å². The second-order valence-electron chi connectivity index (χ2n) is 7.19. The number of rotatable bonds is 8. The summed E-state index contributed by atoms with van der Waals surface area (Å²) in [5.74, 6) is -0.738. The number of carbonyl (C=O) groups is 1. The molecule has 0 saturated carbocycles. The summed E-state index contributed by atoms with van der Waals surface area (Å²) < 4.78 is 12.6. The van der Waals surface area contributed by atoms with Gasteiger partial charge in [0.1, 0.15) is 5.83 Å². The molecule has 1 aliphatic heterocycles. The largest absolute Gasteiger partial charge is 0.354 e. The highest BCUT2D eigenvalue weighted by Crippen LogP contribution is 2.30. The molecule has 4 nitrogen and oxygen atoms in total. The minimum absolute atomic E-state index is 0.0436. The van der Waals surface area contributed by atoms with Crippen LogP contribution in [-0.2, 0) is 17.8 Å². The van der Waals surface area contributed by atoms with Crippen molar-refractivity contribution < 1.29 is 9.18 Å². The Balaban J connectivity index is 1.66. The topological polar surface area (TPSA) is 45.2 Å². The summed E-state index contributed by atoms with van der Waals surface area (Å²) in [7, 11) is 0. The molecule has 1 atom stereocenters. The number of thiazole rings is 1. The van der Waals surface area contributed by atoms with Gasteiger partial charge in [-0.05, 0) is 36.6 Å². The molecular formula is C23H25ClFN3OS. The van der Waals surface area contributed by atoms with Crippen molar-refractivity contribution in [2.45, 2.75) is 32.4 Å². The Hall–Kier alpha value is -2.28. The summed E-state index contributed by atoms with van der Waals surface area (Å²) in [6, 6.07) is 8.54. The average molecular weight is 446 g/mol. The van der Waals surface area contributed by atoms with Gasteiger partial charge in [0.2, 0.25) is 5.91 Å². The molecule has 7 heteroatoms. The highest BCUT2D eigenvalue weighted by molar-refractivity contribution is 7.11. The number of aromatic nitrogens is 1. The molecule has 158 valence electrons. The van der Waals surface area contributed by atoms with E-state index in [0.717, 1.165) is 29.4 Å². The van der Waals surface area contributed by atoms with Crippen LogP contribution in [0.5, 0.6) is 0 Å². The molecule has 0 bridgehead atoms. The second kappa shape index (κ2) is 10.7. The summed E-state index contributed by atoms with van der Waals surface area (Å²) in [5.41, 5.74) is 2.71. The van der Waals surface area contributed by atoms with Crippen LogP contribution < -0.4 is 5.32 Å². The van der Waals surface area contributed by atoms with Crippen molar-refractivity contribution >= 4 is 28.8 Å². The molecule has 1 amide bonds. The lowest BCUT2D eigenvalue weighted by molar-refractivity contribution is -0.120. The van der Waals surface area contributed by atoms with Gasteiger partial charge in [-0.25, -0.2) is 9.37 Å². The SMILES string of the molecule is C=C(F)/C=C\C=C(\Cl)CC(=O)NCC(c1cnc(C)s1)N1CCc2ccccc2C1. The van der Waals surface area contributed by atoms with E-state index >= 15 is 0 Å². The zero-order valence-electron chi connectivity index (χ0n) is 16.9. The van der Waals surface area contributed by atoms with Crippen LogP contribution in [0.25, 0.3) is 0 Å². The van der Waals surface area contributed by atoms with Crippen LogP contribution in [0.2, 0.25) is 0 Å². The molecule has 0 spiro atoms. The fourth-order valence-electron chi connectivity index (χ4n) is 3.47. The summed E-state index contributed by atoms with van der Waals surface area (Å²) in [4.78, 5) is 20.3. The summed E-state index contributed by atoms with van der Waals surface area (Å²) in [6.07, 6.45) is 7.06. The maximum atomic E-state index is 12.6.